The smallest absolute Gasteiger partial charge is 0.327 e. The van der Waals surface area contributed by atoms with Crippen LogP contribution < -0.4 is 0 Å². The summed E-state index contributed by atoms with van der Waals surface area (Å²) in [5.74, 6) is -1.06. The highest BCUT2D eigenvalue weighted by atomic mass is 35.5. The van der Waals surface area contributed by atoms with Gasteiger partial charge < -0.3 is 10.0 Å². The number of amides is 1. The van der Waals surface area contributed by atoms with Crippen molar-refractivity contribution in [3.63, 3.8) is 0 Å². The molecule has 1 amide bonds. The Morgan fingerprint density at radius 1 is 1.50 bits per heavy atom. The minimum atomic E-state index is -1.08. The summed E-state index contributed by atoms with van der Waals surface area (Å²) in [5.41, 5.74) is -0.164. The zero-order chi connectivity index (χ0) is 14.9. The van der Waals surface area contributed by atoms with E-state index < -0.39 is 22.8 Å². The van der Waals surface area contributed by atoms with Gasteiger partial charge in [0, 0.05) is 17.9 Å². The van der Waals surface area contributed by atoms with Crippen molar-refractivity contribution in [1.29, 1.82) is 0 Å². The molecule has 1 aromatic carbocycles. The second-order valence-electron chi connectivity index (χ2n) is 4.05. The largest absolute Gasteiger partial charge is 0.480 e. The Bertz CT molecular complexity index is 594. The Balaban J connectivity index is 2.29. The Morgan fingerprint density at radius 3 is 2.75 bits per heavy atom. The number of aliphatic carboxylic acids is 1. The number of carboxylic acid groups (broad SMARTS) is 1. The van der Waals surface area contributed by atoms with Crippen LogP contribution in [0.2, 0.25) is 5.02 Å². The van der Waals surface area contributed by atoms with Crippen molar-refractivity contribution in [1.82, 2.24) is 4.90 Å². The van der Waals surface area contributed by atoms with Crippen LogP contribution in [-0.4, -0.2) is 44.5 Å². The summed E-state index contributed by atoms with van der Waals surface area (Å²) in [4.78, 5) is 34.5. The molecular weight excluding hydrogens is 308 g/mol. The Labute approximate surface area is 122 Å². The topological polar surface area (TPSA) is 101 Å². The van der Waals surface area contributed by atoms with E-state index in [9.17, 15) is 19.7 Å². The van der Waals surface area contributed by atoms with Gasteiger partial charge in [-0.15, -0.1) is 11.8 Å². The van der Waals surface area contributed by atoms with Crippen molar-refractivity contribution in [2.24, 2.45) is 0 Å². The summed E-state index contributed by atoms with van der Waals surface area (Å²) in [5, 5.41) is 19.6. The van der Waals surface area contributed by atoms with E-state index in [0.717, 1.165) is 12.1 Å². The van der Waals surface area contributed by atoms with Gasteiger partial charge in [0.25, 0.3) is 11.6 Å². The molecule has 0 bridgehead atoms. The van der Waals surface area contributed by atoms with E-state index in [4.69, 9.17) is 16.7 Å². The molecule has 0 spiro atoms. The molecule has 9 heteroatoms. The van der Waals surface area contributed by atoms with Crippen molar-refractivity contribution in [3.8, 4) is 0 Å². The molecule has 1 fully saturated rings. The van der Waals surface area contributed by atoms with Crippen molar-refractivity contribution in [2.75, 3.05) is 11.6 Å². The molecule has 1 aliphatic rings. The number of carbonyl (C=O) groups excluding carboxylic acids is 1. The number of carbonyl (C=O) groups is 2. The van der Waals surface area contributed by atoms with E-state index in [0.29, 0.717) is 5.75 Å². The number of carboxylic acids is 1. The van der Waals surface area contributed by atoms with E-state index in [1.54, 1.807) is 0 Å². The van der Waals surface area contributed by atoms with E-state index in [1.807, 2.05) is 0 Å². The van der Waals surface area contributed by atoms with E-state index in [-0.39, 0.29) is 22.2 Å². The summed E-state index contributed by atoms with van der Waals surface area (Å²) in [6.07, 6.45) is 0. The molecule has 1 N–H and O–H groups in total. The van der Waals surface area contributed by atoms with Gasteiger partial charge in [0.05, 0.1) is 21.4 Å². The van der Waals surface area contributed by atoms with Crippen LogP contribution in [0.5, 0.6) is 0 Å². The first kappa shape index (κ1) is 14.6. The van der Waals surface area contributed by atoms with Crippen LogP contribution in [0.25, 0.3) is 0 Å². The Kier molecular flexibility index (Phi) is 4.15. The first-order chi connectivity index (χ1) is 9.41. The highest BCUT2D eigenvalue weighted by Gasteiger charge is 2.35. The molecular formula is C11H9ClN2O5S. The van der Waals surface area contributed by atoms with Gasteiger partial charge in [-0.05, 0) is 6.07 Å². The van der Waals surface area contributed by atoms with Crippen molar-refractivity contribution in [3.05, 3.63) is 38.9 Å². The first-order valence-corrected chi connectivity index (χ1v) is 7.00. The molecule has 1 saturated heterocycles. The van der Waals surface area contributed by atoms with Crippen LogP contribution in [0.15, 0.2) is 18.2 Å². The molecule has 0 radical (unpaired) electrons. The molecule has 0 aromatic heterocycles. The van der Waals surface area contributed by atoms with Gasteiger partial charge in [-0.1, -0.05) is 11.6 Å². The van der Waals surface area contributed by atoms with E-state index in [2.05, 4.69) is 0 Å². The highest BCUT2D eigenvalue weighted by Crippen LogP contribution is 2.28. The summed E-state index contributed by atoms with van der Waals surface area (Å²) in [7, 11) is 0. The number of halogens is 1. The minimum absolute atomic E-state index is 0.0611. The standard InChI is InChI=1S/C11H9ClN2O5S/c12-8-3-6(14(18)19)1-2-7(8)10(15)13-5-20-4-9(13)11(16)17/h1-3,9H,4-5H2,(H,16,17). The number of thioether (sulfide) groups is 1. The average Bonchev–Trinajstić information content (AvgIpc) is 2.87. The van der Waals surface area contributed by atoms with E-state index >= 15 is 0 Å². The van der Waals surface area contributed by atoms with Crippen LogP contribution in [0, 0.1) is 10.1 Å². The van der Waals surface area contributed by atoms with Crippen LogP contribution >= 0.6 is 23.4 Å². The molecule has 106 valence electrons. The number of rotatable bonds is 3. The molecule has 1 aliphatic heterocycles. The number of nitro benzene ring substituents is 1. The third-order valence-electron chi connectivity index (χ3n) is 2.82. The van der Waals surface area contributed by atoms with Gasteiger partial charge in [-0.3, -0.25) is 14.9 Å². The zero-order valence-electron chi connectivity index (χ0n) is 9.98. The summed E-state index contributed by atoms with van der Waals surface area (Å²) in [6, 6.07) is 2.58. The Morgan fingerprint density at radius 2 is 2.20 bits per heavy atom. The van der Waals surface area contributed by atoms with Gasteiger partial charge in [0.2, 0.25) is 0 Å². The number of non-ortho nitro benzene ring substituents is 1. The minimum Gasteiger partial charge on any atom is -0.480 e. The van der Waals surface area contributed by atoms with Crippen LogP contribution in [0.4, 0.5) is 5.69 Å². The fourth-order valence-electron chi connectivity index (χ4n) is 1.79. The molecule has 0 saturated carbocycles. The summed E-state index contributed by atoms with van der Waals surface area (Å²) < 4.78 is 0. The maximum atomic E-state index is 12.3. The van der Waals surface area contributed by atoms with Crippen molar-refractivity contribution < 1.29 is 19.6 Å². The maximum Gasteiger partial charge on any atom is 0.327 e. The SMILES string of the molecule is O=C(O)C1CSCN1C(=O)c1ccc([N+](=O)[O-])cc1Cl. The van der Waals surface area contributed by atoms with Crippen LogP contribution in [-0.2, 0) is 4.79 Å². The lowest BCUT2D eigenvalue weighted by atomic mass is 10.1. The molecule has 1 atom stereocenters. The number of nitrogens with zero attached hydrogens (tertiary/aromatic N) is 2. The molecule has 1 heterocycles. The zero-order valence-corrected chi connectivity index (χ0v) is 11.6. The fraction of sp³-hybridized carbons (Fsp3) is 0.273. The third kappa shape index (κ3) is 2.70. The van der Waals surface area contributed by atoms with Gasteiger partial charge >= 0.3 is 5.97 Å². The van der Waals surface area contributed by atoms with Gasteiger partial charge in [-0.25, -0.2) is 4.79 Å². The summed E-state index contributed by atoms with van der Waals surface area (Å²) >= 11 is 7.20. The average molecular weight is 317 g/mol. The quantitative estimate of drug-likeness (QED) is 0.674. The van der Waals surface area contributed by atoms with Crippen molar-refractivity contribution in [2.45, 2.75) is 6.04 Å². The maximum absolute atomic E-state index is 12.3. The predicted molar refractivity (Wildman–Crippen MR) is 73.0 cm³/mol. The number of benzene rings is 1. The number of nitro groups is 1. The third-order valence-corrected chi connectivity index (χ3v) is 4.15. The predicted octanol–water partition coefficient (Wildman–Crippen LogP) is 1.85. The molecule has 2 rings (SSSR count). The highest BCUT2D eigenvalue weighted by molar-refractivity contribution is 7.99. The molecule has 7 nitrogen and oxygen atoms in total. The van der Waals surface area contributed by atoms with Gasteiger partial charge in [0.15, 0.2) is 0 Å². The monoisotopic (exact) mass is 316 g/mol. The molecule has 0 aliphatic carbocycles. The molecule has 1 unspecified atom stereocenters. The van der Waals surface area contributed by atoms with Crippen LogP contribution in [0.3, 0.4) is 0 Å². The lowest BCUT2D eigenvalue weighted by molar-refractivity contribution is -0.384. The molecule has 1 aromatic rings. The Hall–Kier alpha value is -1.80. The second kappa shape index (κ2) is 5.68. The number of hydrogen-bond donors (Lipinski definition) is 1. The van der Waals surface area contributed by atoms with Crippen molar-refractivity contribution >= 4 is 40.9 Å². The van der Waals surface area contributed by atoms with E-state index in [1.165, 1.54) is 22.7 Å². The van der Waals surface area contributed by atoms with Gasteiger partial charge in [0.1, 0.15) is 6.04 Å². The lowest BCUT2D eigenvalue weighted by Crippen LogP contribution is -2.41. The number of hydrogen-bond acceptors (Lipinski definition) is 5. The fourth-order valence-corrected chi connectivity index (χ4v) is 3.19. The molecule has 20 heavy (non-hydrogen) atoms. The van der Waals surface area contributed by atoms with Gasteiger partial charge in [-0.2, -0.15) is 0 Å². The second-order valence-corrected chi connectivity index (χ2v) is 5.46. The van der Waals surface area contributed by atoms with Crippen LogP contribution in [0.1, 0.15) is 10.4 Å². The lowest BCUT2D eigenvalue weighted by Gasteiger charge is -2.20. The summed E-state index contributed by atoms with van der Waals surface area (Å²) in [6.45, 7) is 0. The normalized spacial score (nSPS) is 18.1. The first-order valence-electron chi connectivity index (χ1n) is 5.47.